The number of hydrogen-bond acceptors (Lipinski definition) is 2. The average Bonchev–Trinajstić information content (AvgIpc) is 2.41. The van der Waals surface area contributed by atoms with Crippen LogP contribution in [0.2, 0.25) is 15.1 Å². The Morgan fingerprint density at radius 3 is 2.10 bits per heavy atom. The van der Waals surface area contributed by atoms with Crippen LogP contribution in [0.1, 0.15) is 23.1 Å². The minimum atomic E-state index is -0.800. The highest BCUT2D eigenvalue weighted by molar-refractivity contribution is 6.35. The number of hydrogen-bond donors (Lipinski definition) is 2. The van der Waals surface area contributed by atoms with Crippen molar-refractivity contribution >= 4 is 34.8 Å². The summed E-state index contributed by atoms with van der Waals surface area (Å²) in [6.45, 7) is 0.293. The smallest absolute Gasteiger partial charge is 0.0885 e. The number of aliphatic hydroxyl groups is 1. The average molecular weight is 331 g/mol. The van der Waals surface area contributed by atoms with E-state index in [0.29, 0.717) is 27.2 Å². The van der Waals surface area contributed by atoms with Crippen molar-refractivity contribution in [1.82, 2.24) is 0 Å². The second kappa shape index (κ2) is 6.79. The first-order valence-corrected chi connectivity index (χ1v) is 7.25. The van der Waals surface area contributed by atoms with E-state index >= 15 is 0 Å². The van der Waals surface area contributed by atoms with Crippen molar-refractivity contribution < 1.29 is 5.11 Å². The van der Waals surface area contributed by atoms with Crippen molar-refractivity contribution in [3.05, 3.63) is 68.7 Å². The van der Waals surface area contributed by atoms with Gasteiger partial charge in [0.15, 0.2) is 0 Å². The van der Waals surface area contributed by atoms with Crippen LogP contribution in [0.25, 0.3) is 0 Å². The van der Waals surface area contributed by atoms with E-state index in [-0.39, 0.29) is 5.92 Å². The molecule has 2 rings (SSSR count). The summed E-state index contributed by atoms with van der Waals surface area (Å²) < 4.78 is 0. The van der Waals surface area contributed by atoms with E-state index in [2.05, 4.69) is 0 Å². The van der Waals surface area contributed by atoms with E-state index in [1.807, 2.05) is 12.1 Å². The van der Waals surface area contributed by atoms with Gasteiger partial charge in [-0.3, -0.25) is 0 Å². The zero-order valence-corrected chi connectivity index (χ0v) is 12.8. The van der Waals surface area contributed by atoms with Gasteiger partial charge in [0.1, 0.15) is 0 Å². The Labute approximate surface area is 133 Å². The summed E-state index contributed by atoms with van der Waals surface area (Å²) in [4.78, 5) is 0. The van der Waals surface area contributed by atoms with E-state index in [1.165, 1.54) is 0 Å². The molecule has 0 aliphatic carbocycles. The van der Waals surface area contributed by atoms with E-state index in [1.54, 1.807) is 30.3 Å². The molecule has 2 aromatic carbocycles. The van der Waals surface area contributed by atoms with Crippen LogP contribution in [0.4, 0.5) is 0 Å². The van der Waals surface area contributed by atoms with Crippen LogP contribution in [0.3, 0.4) is 0 Å². The molecular weight excluding hydrogens is 317 g/mol. The molecule has 0 spiro atoms. The van der Waals surface area contributed by atoms with Crippen molar-refractivity contribution in [3.63, 3.8) is 0 Å². The predicted molar refractivity (Wildman–Crippen MR) is 84.7 cm³/mol. The standard InChI is InChI=1S/C15H14Cl3NO/c16-10-3-1-9(2-4-10)13(8-19)15(20)12-6-5-11(17)7-14(12)18/h1-7,13,15,20H,8,19H2. The van der Waals surface area contributed by atoms with E-state index < -0.39 is 6.10 Å². The number of nitrogens with two attached hydrogens (primary N) is 1. The van der Waals surface area contributed by atoms with Crippen LogP contribution in [-0.2, 0) is 0 Å². The van der Waals surface area contributed by atoms with Crippen molar-refractivity contribution in [1.29, 1.82) is 0 Å². The topological polar surface area (TPSA) is 46.2 Å². The molecule has 2 nitrogen and oxygen atoms in total. The molecule has 0 aliphatic rings. The molecule has 106 valence electrons. The monoisotopic (exact) mass is 329 g/mol. The molecule has 3 N–H and O–H groups in total. The van der Waals surface area contributed by atoms with Gasteiger partial charge in [0.2, 0.25) is 0 Å². The van der Waals surface area contributed by atoms with Crippen LogP contribution in [-0.4, -0.2) is 11.7 Å². The highest BCUT2D eigenvalue weighted by atomic mass is 35.5. The fraction of sp³-hybridized carbons (Fsp3) is 0.200. The molecule has 0 bridgehead atoms. The SMILES string of the molecule is NCC(c1ccc(Cl)cc1)C(O)c1ccc(Cl)cc1Cl. The van der Waals surface area contributed by atoms with Crippen molar-refractivity contribution in [2.75, 3.05) is 6.54 Å². The molecule has 2 atom stereocenters. The van der Waals surface area contributed by atoms with Gasteiger partial charge in [-0.15, -0.1) is 0 Å². The lowest BCUT2D eigenvalue weighted by atomic mass is 9.89. The summed E-state index contributed by atoms with van der Waals surface area (Å²) in [5.41, 5.74) is 7.32. The Kier molecular flexibility index (Phi) is 5.30. The summed E-state index contributed by atoms with van der Waals surface area (Å²) in [7, 11) is 0. The fourth-order valence-corrected chi connectivity index (χ4v) is 2.76. The van der Waals surface area contributed by atoms with Gasteiger partial charge >= 0.3 is 0 Å². The van der Waals surface area contributed by atoms with Crippen LogP contribution < -0.4 is 5.73 Å². The molecule has 0 radical (unpaired) electrons. The Bertz CT molecular complexity index is 586. The third-order valence-electron chi connectivity index (χ3n) is 3.21. The van der Waals surface area contributed by atoms with Gasteiger partial charge in [-0.05, 0) is 35.4 Å². The molecule has 0 aliphatic heterocycles. The summed E-state index contributed by atoms with van der Waals surface area (Å²) >= 11 is 17.9. The lowest BCUT2D eigenvalue weighted by Crippen LogP contribution is -2.20. The first-order chi connectivity index (χ1) is 9.52. The predicted octanol–water partition coefficient (Wildman–Crippen LogP) is 4.42. The molecular formula is C15H14Cl3NO. The Morgan fingerprint density at radius 1 is 0.950 bits per heavy atom. The number of aliphatic hydroxyl groups excluding tert-OH is 1. The Balaban J connectivity index is 2.33. The third-order valence-corrected chi connectivity index (χ3v) is 4.03. The quantitative estimate of drug-likeness (QED) is 0.871. The van der Waals surface area contributed by atoms with Gasteiger partial charge in [0.25, 0.3) is 0 Å². The zero-order chi connectivity index (χ0) is 14.7. The zero-order valence-electron chi connectivity index (χ0n) is 10.6. The van der Waals surface area contributed by atoms with E-state index in [0.717, 1.165) is 5.56 Å². The van der Waals surface area contributed by atoms with Gasteiger partial charge in [0.05, 0.1) is 6.10 Å². The van der Waals surface area contributed by atoms with E-state index in [4.69, 9.17) is 40.5 Å². The highest BCUT2D eigenvalue weighted by Gasteiger charge is 2.23. The van der Waals surface area contributed by atoms with E-state index in [9.17, 15) is 5.11 Å². The van der Waals surface area contributed by atoms with Gasteiger partial charge in [-0.2, -0.15) is 0 Å². The molecule has 5 heteroatoms. The molecule has 0 aromatic heterocycles. The summed E-state index contributed by atoms with van der Waals surface area (Å²) in [6.07, 6.45) is -0.800. The normalized spacial score (nSPS) is 14.1. The number of rotatable bonds is 4. The minimum absolute atomic E-state index is 0.258. The maximum atomic E-state index is 10.5. The molecule has 20 heavy (non-hydrogen) atoms. The highest BCUT2D eigenvalue weighted by Crippen LogP contribution is 2.35. The van der Waals surface area contributed by atoms with Gasteiger partial charge in [-0.1, -0.05) is 53.0 Å². The van der Waals surface area contributed by atoms with Gasteiger partial charge in [0, 0.05) is 27.5 Å². The first-order valence-electron chi connectivity index (χ1n) is 6.11. The van der Waals surface area contributed by atoms with Crippen LogP contribution in [0, 0.1) is 0 Å². The lowest BCUT2D eigenvalue weighted by molar-refractivity contribution is 0.147. The molecule has 2 unspecified atom stereocenters. The molecule has 0 fully saturated rings. The second-order valence-corrected chi connectivity index (χ2v) is 5.78. The van der Waals surface area contributed by atoms with Crippen molar-refractivity contribution in [2.24, 2.45) is 5.73 Å². The van der Waals surface area contributed by atoms with Crippen molar-refractivity contribution in [2.45, 2.75) is 12.0 Å². The first kappa shape index (κ1) is 15.6. The number of halogens is 3. The molecule has 2 aromatic rings. The molecule has 0 saturated heterocycles. The second-order valence-electron chi connectivity index (χ2n) is 4.50. The van der Waals surface area contributed by atoms with Gasteiger partial charge in [-0.25, -0.2) is 0 Å². The minimum Gasteiger partial charge on any atom is -0.388 e. The molecule has 0 saturated carbocycles. The van der Waals surface area contributed by atoms with Crippen molar-refractivity contribution in [3.8, 4) is 0 Å². The maximum Gasteiger partial charge on any atom is 0.0885 e. The Morgan fingerprint density at radius 2 is 1.55 bits per heavy atom. The molecule has 0 amide bonds. The summed E-state index contributed by atoms with van der Waals surface area (Å²) in [5.74, 6) is -0.258. The fourth-order valence-electron chi connectivity index (χ4n) is 2.12. The number of benzene rings is 2. The van der Waals surface area contributed by atoms with Crippen LogP contribution in [0.5, 0.6) is 0 Å². The lowest BCUT2D eigenvalue weighted by Gasteiger charge is -2.23. The van der Waals surface area contributed by atoms with Gasteiger partial charge < -0.3 is 10.8 Å². The molecule has 0 heterocycles. The maximum absolute atomic E-state index is 10.5. The van der Waals surface area contributed by atoms with Crippen LogP contribution in [0.15, 0.2) is 42.5 Å². The summed E-state index contributed by atoms with van der Waals surface area (Å²) in [5, 5.41) is 12.1. The largest absolute Gasteiger partial charge is 0.388 e. The third kappa shape index (κ3) is 3.46. The summed E-state index contributed by atoms with van der Waals surface area (Å²) in [6, 6.07) is 12.3. The Hall–Kier alpha value is -0.770. The van der Waals surface area contributed by atoms with Crippen LogP contribution >= 0.6 is 34.8 Å².